The van der Waals surface area contributed by atoms with Crippen LogP contribution in [0.1, 0.15) is 24.1 Å². The monoisotopic (exact) mass is 494 g/mol. The first-order valence-electron chi connectivity index (χ1n) is 10.7. The Labute approximate surface area is 205 Å². The molecular weight excluding hydrogens is 472 g/mol. The fourth-order valence-electron chi connectivity index (χ4n) is 3.69. The predicted octanol–water partition coefficient (Wildman–Crippen LogP) is 3.74. The second kappa shape index (κ2) is 10.8. The first-order chi connectivity index (χ1) is 16.5. The van der Waals surface area contributed by atoms with E-state index >= 15 is 0 Å². The van der Waals surface area contributed by atoms with Gasteiger partial charge in [-0.2, -0.15) is 0 Å². The number of ether oxygens (including phenoxy) is 2. The molecule has 0 saturated carbocycles. The van der Waals surface area contributed by atoms with Gasteiger partial charge in [-0.15, -0.1) is 0 Å². The summed E-state index contributed by atoms with van der Waals surface area (Å²) < 4.78 is 12.4. The van der Waals surface area contributed by atoms with Crippen LogP contribution in [-0.2, 0) is 14.3 Å². The van der Waals surface area contributed by atoms with Crippen molar-refractivity contribution < 1.29 is 14.3 Å². The molecule has 4 rings (SSSR count). The van der Waals surface area contributed by atoms with E-state index < -0.39 is 12.0 Å². The molecule has 0 unspecified atom stereocenters. The van der Waals surface area contributed by atoms with E-state index in [1.54, 1.807) is 31.2 Å². The third kappa shape index (κ3) is 4.97. The molecule has 0 N–H and O–H groups in total. The van der Waals surface area contributed by atoms with E-state index in [0.29, 0.717) is 25.6 Å². The molecule has 174 valence electrons. The number of hydrogen-bond acceptors (Lipinski definition) is 6. The molecule has 0 aliphatic carbocycles. The van der Waals surface area contributed by atoms with Gasteiger partial charge in [0.2, 0.25) is 0 Å². The molecule has 0 spiro atoms. The molecule has 1 aliphatic heterocycles. The van der Waals surface area contributed by atoms with Crippen LogP contribution in [0.15, 0.2) is 81.7 Å². The van der Waals surface area contributed by atoms with Crippen LogP contribution in [-0.4, -0.2) is 30.9 Å². The van der Waals surface area contributed by atoms with Gasteiger partial charge in [0.05, 0.1) is 22.4 Å². The molecule has 0 saturated heterocycles. The zero-order chi connectivity index (χ0) is 24.1. The number of thiazole rings is 1. The van der Waals surface area contributed by atoms with Gasteiger partial charge in [-0.05, 0) is 30.2 Å². The van der Waals surface area contributed by atoms with Gasteiger partial charge in [0.15, 0.2) is 4.80 Å². The maximum atomic E-state index is 13.5. The van der Waals surface area contributed by atoms with Gasteiger partial charge in [0.1, 0.15) is 12.6 Å². The molecule has 34 heavy (non-hydrogen) atoms. The Kier molecular flexibility index (Phi) is 7.57. The first kappa shape index (κ1) is 23.9. The normalized spacial score (nSPS) is 16.0. The number of aromatic nitrogens is 1. The number of carbonyl (C=O) groups excluding carboxylic acids is 1. The summed E-state index contributed by atoms with van der Waals surface area (Å²) in [5.41, 5.74) is 2.17. The van der Waals surface area contributed by atoms with E-state index in [9.17, 15) is 9.59 Å². The zero-order valence-electron chi connectivity index (χ0n) is 18.7. The molecule has 8 heteroatoms. The van der Waals surface area contributed by atoms with Crippen molar-refractivity contribution in [3.8, 4) is 0 Å². The van der Waals surface area contributed by atoms with Gasteiger partial charge in [0, 0.05) is 12.1 Å². The number of carbonyl (C=O) groups is 1. The van der Waals surface area contributed by atoms with Crippen molar-refractivity contribution in [2.75, 3.05) is 20.3 Å². The number of fused-ring (bicyclic) bond motifs is 1. The molecule has 0 fully saturated rings. The van der Waals surface area contributed by atoms with Crippen LogP contribution >= 0.6 is 22.9 Å². The third-order valence-corrected chi connectivity index (χ3v) is 6.64. The fourth-order valence-corrected chi connectivity index (χ4v) is 4.93. The van der Waals surface area contributed by atoms with Crippen molar-refractivity contribution in [3.63, 3.8) is 0 Å². The molecular formula is C26H23ClN2O4S. The minimum absolute atomic E-state index is 0.0933. The molecule has 2 heterocycles. The van der Waals surface area contributed by atoms with Crippen molar-refractivity contribution in [3.05, 3.63) is 108 Å². The standard InChI is InChI=1S/C26H23ClN2O4S/c1-17-22(25(31)33-16-15-32-2)23(19-12-6-7-13-20(19)27)29-24(30)21(34-26(29)28-17)14-8-11-18-9-4-3-5-10-18/h3-14,23H,15-16H2,1-2H3/b11-8+,21-14-/t23-/m0/s1. The molecule has 0 amide bonds. The average molecular weight is 495 g/mol. The van der Waals surface area contributed by atoms with Gasteiger partial charge < -0.3 is 9.47 Å². The van der Waals surface area contributed by atoms with Crippen LogP contribution in [0, 0.1) is 0 Å². The fraction of sp³-hybridized carbons (Fsp3) is 0.192. The number of rotatable bonds is 7. The predicted molar refractivity (Wildman–Crippen MR) is 134 cm³/mol. The number of benzene rings is 2. The van der Waals surface area contributed by atoms with E-state index in [1.165, 1.54) is 23.0 Å². The van der Waals surface area contributed by atoms with Crippen molar-refractivity contribution in [2.45, 2.75) is 13.0 Å². The van der Waals surface area contributed by atoms with Crippen LogP contribution in [0.4, 0.5) is 0 Å². The van der Waals surface area contributed by atoms with E-state index in [0.717, 1.165) is 5.56 Å². The van der Waals surface area contributed by atoms with Crippen molar-refractivity contribution in [1.29, 1.82) is 0 Å². The Hall–Kier alpha value is -3.26. The lowest BCUT2D eigenvalue weighted by molar-refractivity contribution is -0.140. The first-order valence-corrected chi connectivity index (χ1v) is 11.9. The van der Waals surface area contributed by atoms with Crippen LogP contribution in [0.2, 0.25) is 5.02 Å². The largest absolute Gasteiger partial charge is 0.460 e. The number of allylic oxidation sites excluding steroid dienone is 2. The maximum absolute atomic E-state index is 13.5. The number of halogens is 1. The Balaban J connectivity index is 1.83. The van der Waals surface area contributed by atoms with E-state index in [4.69, 9.17) is 21.1 Å². The molecule has 1 aromatic heterocycles. The second-order valence-corrected chi connectivity index (χ2v) is 8.94. The van der Waals surface area contributed by atoms with Gasteiger partial charge in [-0.1, -0.05) is 83.6 Å². The number of hydrogen-bond donors (Lipinski definition) is 0. The van der Waals surface area contributed by atoms with E-state index in [1.807, 2.05) is 48.6 Å². The molecule has 1 atom stereocenters. The summed E-state index contributed by atoms with van der Waals surface area (Å²) in [5, 5.41) is 0.447. The van der Waals surface area contributed by atoms with Gasteiger partial charge >= 0.3 is 5.97 Å². The van der Waals surface area contributed by atoms with Gasteiger partial charge in [-0.3, -0.25) is 9.36 Å². The number of nitrogens with zero attached hydrogens (tertiary/aromatic N) is 2. The highest BCUT2D eigenvalue weighted by atomic mass is 35.5. The minimum Gasteiger partial charge on any atom is -0.460 e. The molecule has 6 nitrogen and oxygen atoms in total. The highest BCUT2D eigenvalue weighted by Crippen LogP contribution is 2.34. The quantitative estimate of drug-likeness (QED) is 0.370. The van der Waals surface area contributed by atoms with Gasteiger partial charge in [0.25, 0.3) is 5.56 Å². The van der Waals surface area contributed by atoms with Crippen LogP contribution < -0.4 is 14.9 Å². The summed E-state index contributed by atoms with van der Waals surface area (Å²) in [6, 6.07) is 16.2. The summed E-state index contributed by atoms with van der Waals surface area (Å²) in [4.78, 5) is 31.6. The average Bonchev–Trinajstić information content (AvgIpc) is 3.14. The highest BCUT2D eigenvalue weighted by molar-refractivity contribution is 7.07. The van der Waals surface area contributed by atoms with E-state index in [2.05, 4.69) is 4.99 Å². The smallest absolute Gasteiger partial charge is 0.338 e. The molecule has 2 aromatic carbocycles. The lowest BCUT2D eigenvalue weighted by atomic mass is 9.96. The lowest BCUT2D eigenvalue weighted by Crippen LogP contribution is -2.40. The molecule has 0 radical (unpaired) electrons. The Bertz CT molecular complexity index is 1440. The van der Waals surface area contributed by atoms with Crippen LogP contribution in [0.3, 0.4) is 0 Å². The Morgan fingerprint density at radius 2 is 1.88 bits per heavy atom. The summed E-state index contributed by atoms with van der Waals surface area (Å²) in [7, 11) is 1.53. The van der Waals surface area contributed by atoms with E-state index in [-0.39, 0.29) is 24.3 Å². The molecule has 0 bridgehead atoms. The topological polar surface area (TPSA) is 69.9 Å². The summed E-state index contributed by atoms with van der Waals surface area (Å²) in [6.45, 7) is 2.10. The Morgan fingerprint density at radius 1 is 1.15 bits per heavy atom. The highest BCUT2D eigenvalue weighted by Gasteiger charge is 2.34. The Morgan fingerprint density at radius 3 is 2.62 bits per heavy atom. The number of methoxy groups -OCH3 is 1. The summed E-state index contributed by atoms with van der Waals surface area (Å²) in [6.07, 6.45) is 5.52. The zero-order valence-corrected chi connectivity index (χ0v) is 20.3. The minimum atomic E-state index is -0.750. The van der Waals surface area contributed by atoms with Crippen molar-refractivity contribution in [1.82, 2.24) is 4.57 Å². The van der Waals surface area contributed by atoms with Crippen molar-refractivity contribution in [2.24, 2.45) is 4.99 Å². The third-order valence-electron chi connectivity index (χ3n) is 5.30. The van der Waals surface area contributed by atoms with Crippen molar-refractivity contribution >= 4 is 41.1 Å². The molecule has 1 aliphatic rings. The molecule has 3 aromatic rings. The second-order valence-electron chi connectivity index (χ2n) is 7.52. The summed E-state index contributed by atoms with van der Waals surface area (Å²) in [5.74, 6) is -0.554. The maximum Gasteiger partial charge on any atom is 0.338 e. The van der Waals surface area contributed by atoms with Crippen LogP contribution in [0.25, 0.3) is 12.2 Å². The number of esters is 1. The lowest BCUT2D eigenvalue weighted by Gasteiger charge is -2.25. The summed E-state index contributed by atoms with van der Waals surface area (Å²) >= 11 is 7.79. The van der Waals surface area contributed by atoms with Gasteiger partial charge in [-0.25, -0.2) is 9.79 Å². The SMILES string of the molecule is COCCOC(=O)C1=C(C)N=c2s/c(=C\C=C\c3ccccc3)c(=O)n2[C@H]1c1ccccc1Cl. The van der Waals surface area contributed by atoms with Crippen LogP contribution in [0.5, 0.6) is 0 Å².